The SMILES string of the molecule is CN1CCC(S(=O)(=O)NC(=O)c2cc(-n3c(=O)cc(C(F)(F)F)n(C)c3=O)c(F)cc2Cl)CC1. The van der Waals surface area contributed by atoms with Crippen molar-refractivity contribution in [1.29, 1.82) is 0 Å². The molecule has 3 rings (SSSR count). The predicted octanol–water partition coefficient (Wildman–Crippen LogP) is 1.50. The maximum absolute atomic E-state index is 14.6. The largest absolute Gasteiger partial charge is 0.431 e. The first-order valence-electron chi connectivity index (χ1n) is 9.77. The standard InChI is InChI=1S/C19H19ClF4N4O5S/c1-26-5-3-10(4-6-26)34(32,33)25-17(30)11-7-14(13(21)8-12(11)20)28-16(29)9-15(19(22,23)24)27(2)18(28)31/h7-10H,3-6H2,1-2H3,(H,25,30). The summed E-state index contributed by atoms with van der Waals surface area (Å²) in [6.45, 7) is 0.975. The van der Waals surface area contributed by atoms with Crippen LogP contribution in [0.5, 0.6) is 0 Å². The molecule has 1 aromatic heterocycles. The van der Waals surface area contributed by atoms with Crippen LogP contribution in [0, 0.1) is 5.82 Å². The van der Waals surface area contributed by atoms with Crippen molar-refractivity contribution in [3.05, 3.63) is 61.1 Å². The van der Waals surface area contributed by atoms with E-state index in [9.17, 15) is 40.4 Å². The Kier molecular flexibility index (Phi) is 6.97. The van der Waals surface area contributed by atoms with Gasteiger partial charge in [-0.3, -0.25) is 14.2 Å². The van der Waals surface area contributed by atoms with E-state index in [1.807, 2.05) is 16.7 Å². The van der Waals surface area contributed by atoms with Crippen molar-refractivity contribution in [3.8, 4) is 5.69 Å². The van der Waals surface area contributed by atoms with Crippen LogP contribution in [-0.2, 0) is 23.2 Å². The molecule has 1 aliphatic heterocycles. The minimum atomic E-state index is -5.03. The second-order valence-corrected chi connectivity index (χ2v) is 10.2. The summed E-state index contributed by atoms with van der Waals surface area (Å²) in [5, 5.41) is -1.40. The van der Waals surface area contributed by atoms with E-state index < -0.39 is 66.4 Å². The maximum atomic E-state index is 14.6. The summed E-state index contributed by atoms with van der Waals surface area (Å²) < 4.78 is 81.1. The molecule has 0 unspecified atom stereocenters. The normalized spacial score (nSPS) is 16.0. The zero-order chi connectivity index (χ0) is 25.6. The van der Waals surface area contributed by atoms with Gasteiger partial charge in [0.2, 0.25) is 10.0 Å². The van der Waals surface area contributed by atoms with Crippen molar-refractivity contribution in [2.24, 2.45) is 7.05 Å². The second-order valence-electron chi connectivity index (χ2n) is 7.80. The van der Waals surface area contributed by atoms with E-state index in [4.69, 9.17) is 11.6 Å². The molecular weight excluding hydrogens is 508 g/mol. The predicted molar refractivity (Wildman–Crippen MR) is 114 cm³/mol. The lowest BCUT2D eigenvalue weighted by Gasteiger charge is -2.28. The molecule has 9 nitrogen and oxygen atoms in total. The Labute approximate surface area is 195 Å². The number of aromatic nitrogens is 2. The zero-order valence-corrected chi connectivity index (χ0v) is 19.4. The number of nitrogens with one attached hydrogen (secondary N) is 1. The van der Waals surface area contributed by atoms with E-state index in [0.717, 1.165) is 7.05 Å². The highest BCUT2D eigenvalue weighted by Crippen LogP contribution is 2.28. The first-order chi connectivity index (χ1) is 15.6. The molecular formula is C19H19ClF4N4O5S. The molecule has 2 aromatic rings. The number of sulfonamides is 1. The summed E-state index contributed by atoms with van der Waals surface area (Å²) in [6.07, 6.45) is -4.50. The van der Waals surface area contributed by atoms with Crippen LogP contribution in [0.2, 0.25) is 5.02 Å². The molecule has 0 atom stereocenters. The number of nitrogens with zero attached hydrogens (tertiary/aromatic N) is 3. The van der Waals surface area contributed by atoms with Gasteiger partial charge in [-0.2, -0.15) is 13.2 Å². The van der Waals surface area contributed by atoms with Gasteiger partial charge in [-0.05, 0) is 45.1 Å². The van der Waals surface area contributed by atoms with Crippen molar-refractivity contribution < 1.29 is 30.8 Å². The monoisotopic (exact) mass is 526 g/mol. The third kappa shape index (κ3) is 5.03. The average Bonchev–Trinajstić information content (AvgIpc) is 2.71. The van der Waals surface area contributed by atoms with Gasteiger partial charge in [0.15, 0.2) is 0 Å². The summed E-state index contributed by atoms with van der Waals surface area (Å²) in [4.78, 5) is 39.3. The van der Waals surface area contributed by atoms with Gasteiger partial charge in [-0.1, -0.05) is 11.6 Å². The molecule has 1 aromatic carbocycles. The van der Waals surface area contributed by atoms with Crippen LogP contribution in [0.25, 0.3) is 5.69 Å². The zero-order valence-electron chi connectivity index (χ0n) is 17.8. The Morgan fingerprint density at radius 2 is 1.71 bits per heavy atom. The van der Waals surface area contributed by atoms with Crippen molar-refractivity contribution in [3.63, 3.8) is 0 Å². The number of carbonyl (C=O) groups excluding carboxylic acids is 1. The fourth-order valence-electron chi connectivity index (χ4n) is 3.57. The minimum Gasteiger partial charge on any atom is -0.306 e. The van der Waals surface area contributed by atoms with Gasteiger partial charge in [-0.25, -0.2) is 26.9 Å². The molecule has 1 amide bonds. The molecule has 34 heavy (non-hydrogen) atoms. The van der Waals surface area contributed by atoms with Gasteiger partial charge in [0.1, 0.15) is 11.5 Å². The van der Waals surface area contributed by atoms with Gasteiger partial charge in [0.05, 0.1) is 21.5 Å². The molecule has 0 spiro atoms. The molecule has 1 fully saturated rings. The summed E-state index contributed by atoms with van der Waals surface area (Å²) >= 11 is 5.89. The number of hydrogen-bond donors (Lipinski definition) is 1. The molecule has 0 radical (unpaired) electrons. The quantitative estimate of drug-likeness (QED) is 0.605. The number of piperidine rings is 1. The third-order valence-electron chi connectivity index (χ3n) is 5.47. The van der Waals surface area contributed by atoms with Gasteiger partial charge < -0.3 is 4.90 Å². The van der Waals surface area contributed by atoms with E-state index in [-0.39, 0.29) is 28.0 Å². The fourth-order valence-corrected chi connectivity index (χ4v) is 5.17. The second kappa shape index (κ2) is 9.15. The first-order valence-corrected chi connectivity index (χ1v) is 11.7. The van der Waals surface area contributed by atoms with E-state index in [2.05, 4.69) is 0 Å². The van der Waals surface area contributed by atoms with Crippen LogP contribution in [0.15, 0.2) is 27.8 Å². The Hall–Kier alpha value is -2.71. The van der Waals surface area contributed by atoms with Gasteiger partial charge in [-0.15, -0.1) is 0 Å². The lowest BCUT2D eigenvalue weighted by atomic mass is 10.1. The molecule has 0 bridgehead atoms. The third-order valence-corrected chi connectivity index (χ3v) is 7.60. The Morgan fingerprint density at radius 1 is 1.12 bits per heavy atom. The summed E-state index contributed by atoms with van der Waals surface area (Å²) in [7, 11) is -1.59. The number of likely N-dealkylation sites (tertiary alicyclic amines) is 1. The van der Waals surface area contributed by atoms with Gasteiger partial charge in [0, 0.05) is 13.1 Å². The number of benzene rings is 1. The van der Waals surface area contributed by atoms with Gasteiger partial charge >= 0.3 is 11.9 Å². The molecule has 15 heteroatoms. The smallest absolute Gasteiger partial charge is 0.306 e. The molecule has 0 aliphatic carbocycles. The van der Waals surface area contributed by atoms with Crippen LogP contribution >= 0.6 is 11.6 Å². The van der Waals surface area contributed by atoms with Crippen molar-refractivity contribution in [2.45, 2.75) is 24.3 Å². The minimum absolute atomic E-state index is 0.0865. The lowest BCUT2D eigenvalue weighted by Crippen LogP contribution is -2.44. The number of hydrogen-bond acceptors (Lipinski definition) is 6. The van der Waals surface area contributed by atoms with E-state index in [0.29, 0.717) is 25.2 Å². The molecule has 2 heterocycles. The summed E-state index contributed by atoms with van der Waals surface area (Å²) in [6, 6.07) is 1.28. The van der Waals surface area contributed by atoms with E-state index >= 15 is 0 Å². The summed E-state index contributed by atoms with van der Waals surface area (Å²) in [5.74, 6) is -2.54. The van der Waals surface area contributed by atoms with Crippen LogP contribution in [0.1, 0.15) is 28.9 Å². The van der Waals surface area contributed by atoms with Crippen LogP contribution in [0.4, 0.5) is 17.6 Å². The highest BCUT2D eigenvalue weighted by atomic mass is 35.5. The van der Waals surface area contributed by atoms with Crippen molar-refractivity contribution in [1.82, 2.24) is 18.8 Å². The van der Waals surface area contributed by atoms with Crippen LogP contribution < -0.4 is 16.0 Å². The number of carbonyl (C=O) groups is 1. The topological polar surface area (TPSA) is 110 Å². The Bertz CT molecular complexity index is 1360. The van der Waals surface area contributed by atoms with Crippen molar-refractivity contribution >= 4 is 27.5 Å². The maximum Gasteiger partial charge on any atom is 0.431 e. The molecule has 1 aliphatic rings. The van der Waals surface area contributed by atoms with E-state index in [1.165, 1.54) is 0 Å². The first kappa shape index (κ1) is 25.9. The molecule has 1 saturated heterocycles. The lowest BCUT2D eigenvalue weighted by molar-refractivity contribution is -0.144. The average molecular weight is 527 g/mol. The number of halogens is 5. The molecule has 1 N–H and O–H groups in total. The van der Waals surface area contributed by atoms with Gasteiger partial charge in [0.25, 0.3) is 11.5 Å². The summed E-state index contributed by atoms with van der Waals surface area (Å²) in [5.41, 5.74) is -6.07. The van der Waals surface area contributed by atoms with Crippen LogP contribution in [0.3, 0.4) is 0 Å². The number of alkyl halides is 3. The molecule has 186 valence electrons. The highest BCUT2D eigenvalue weighted by molar-refractivity contribution is 7.90. The number of amides is 1. The van der Waals surface area contributed by atoms with Crippen molar-refractivity contribution in [2.75, 3.05) is 20.1 Å². The highest BCUT2D eigenvalue weighted by Gasteiger charge is 2.36. The van der Waals surface area contributed by atoms with E-state index in [1.54, 1.807) is 0 Å². The number of rotatable bonds is 4. The Balaban J connectivity index is 2.04. The molecule has 0 saturated carbocycles. The Morgan fingerprint density at radius 3 is 2.26 bits per heavy atom. The van der Waals surface area contributed by atoms with Crippen LogP contribution in [-0.4, -0.2) is 53.7 Å². The fraction of sp³-hybridized carbons (Fsp3) is 0.421.